The van der Waals surface area contributed by atoms with Gasteiger partial charge in [-0.25, -0.2) is 0 Å². The molecule has 0 fully saturated rings. The van der Waals surface area contributed by atoms with Crippen molar-refractivity contribution in [1.82, 2.24) is 0 Å². The predicted molar refractivity (Wildman–Crippen MR) is 69.3 cm³/mol. The normalized spacial score (nSPS) is 12.0. The molecule has 0 heterocycles. The Balaban J connectivity index is -0.00000000893. The molecule has 0 aromatic heterocycles. The van der Waals surface area contributed by atoms with Crippen LogP contribution in [-0.2, 0) is 17.6 Å². The first-order valence-electron chi connectivity index (χ1n) is 1.97. The van der Waals surface area contributed by atoms with Crippen LogP contribution in [0.1, 0.15) is 14.9 Å². The fraction of sp³-hybridized carbons (Fsp3) is 1.00. The van der Waals surface area contributed by atoms with E-state index in [0.29, 0.717) is 0 Å². The Morgan fingerprint density at radius 3 is 0.800 bits per heavy atom. The molecule has 0 rings (SSSR count). The molecule has 6 N–H and O–H groups in total. The van der Waals surface area contributed by atoms with Gasteiger partial charge in [-0.1, -0.05) is 14.9 Å². The van der Waals surface area contributed by atoms with Crippen molar-refractivity contribution in [2.24, 2.45) is 0 Å². The van der Waals surface area contributed by atoms with Crippen LogP contribution in [0.2, 0.25) is 0 Å². The topological polar surface area (TPSA) is 194 Å². The molecule has 0 bridgehead atoms. The molecule has 0 aliphatic carbocycles. The molecule has 20 heavy (non-hydrogen) atoms. The van der Waals surface area contributed by atoms with Gasteiger partial charge in [0.1, 0.15) is 0 Å². The van der Waals surface area contributed by atoms with Gasteiger partial charge in [-0.2, -0.15) is 0 Å². The third-order valence-electron chi connectivity index (χ3n) is 0.233. The van der Waals surface area contributed by atoms with Crippen molar-refractivity contribution in [3.63, 3.8) is 0 Å². The van der Waals surface area contributed by atoms with E-state index in [-0.39, 0.29) is 193 Å². The minimum atomic E-state index is -3.23. The molecule has 0 saturated carbocycles. The van der Waals surface area contributed by atoms with E-state index in [1.165, 1.54) is 0 Å². The van der Waals surface area contributed by atoms with Crippen LogP contribution in [0.25, 0.3) is 0 Å². The van der Waals surface area contributed by atoms with E-state index in [1.807, 2.05) is 0 Å². The molecule has 0 radical (unpaired) electrons. The number of hydrogen-bond acceptors (Lipinski definition) is 8. The second-order valence-corrected chi connectivity index (χ2v) is 10.8. The molecule has 0 aromatic carbocycles. The summed E-state index contributed by atoms with van der Waals surface area (Å²) in [4.78, 5) is 0. The second-order valence-electron chi connectivity index (χ2n) is 1.31. The second kappa shape index (κ2) is 35.7. The van der Waals surface area contributed by atoms with Crippen molar-refractivity contribution < 1.29 is 72.5 Å². The zero-order valence-corrected chi connectivity index (χ0v) is 20.7. The molecule has 116 valence electrons. The van der Waals surface area contributed by atoms with E-state index < -0.39 is 8.95 Å². The van der Waals surface area contributed by atoms with Crippen LogP contribution in [0, 0.1) is 0 Å². The number of hydrogen-bond donors (Lipinski definition) is 4. The Hall–Kier alpha value is 5.60. The summed E-state index contributed by atoms with van der Waals surface area (Å²) in [7, 11) is 0. The van der Waals surface area contributed by atoms with Gasteiger partial charge >= 0.3 is 188 Å². The zero-order chi connectivity index (χ0) is 10.4. The molecular weight excluding hydrogens is 479 g/mol. The maximum Gasteiger partial charge on any atom is 2.00 e. The van der Waals surface area contributed by atoms with Crippen LogP contribution in [-0.4, -0.2) is 181 Å². The van der Waals surface area contributed by atoms with Crippen LogP contribution in [0.3, 0.4) is 0 Å². The first kappa shape index (κ1) is 63.7. The van der Waals surface area contributed by atoms with Gasteiger partial charge in [0.15, 0.2) is 0 Å². The Labute approximate surface area is 232 Å². The smallest absolute Gasteiger partial charge is 1.00 e. The molecule has 18 heteroatoms. The van der Waals surface area contributed by atoms with Crippen molar-refractivity contribution >= 4 is 151 Å². The molecule has 0 spiro atoms. The maximum absolute atomic E-state index is 9.69. The molecule has 10 nitrogen and oxygen atoms in total. The Morgan fingerprint density at radius 2 is 0.800 bits per heavy atom. The van der Waals surface area contributed by atoms with Crippen molar-refractivity contribution in [3.05, 3.63) is 0 Å². The summed E-state index contributed by atoms with van der Waals surface area (Å²) >= 11 is 0.0625. The molecule has 0 saturated heterocycles. The van der Waals surface area contributed by atoms with E-state index >= 15 is 0 Å². The van der Waals surface area contributed by atoms with Crippen LogP contribution in [0.5, 0.6) is 0 Å². The molecule has 0 amide bonds. The predicted octanol–water partition coefficient (Wildman–Crippen LogP) is -7.37. The largest absolute Gasteiger partial charge is 2.00 e. The van der Waals surface area contributed by atoms with Gasteiger partial charge in [-0.15, -0.1) is 0 Å². The van der Waals surface area contributed by atoms with Gasteiger partial charge in [-0.3, -0.25) is 0 Å². The van der Waals surface area contributed by atoms with E-state index in [0.717, 1.165) is 0 Å². The van der Waals surface area contributed by atoms with Crippen LogP contribution >= 0.6 is 0 Å². The summed E-state index contributed by atoms with van der Waals surface area (Å²) in [5.41, 5.74) is 0. The summed E-state index contributed by atoms with van der Waals surface area (Å²) in [6.07, 6.45) is 0. The zero-order valence-electron chi connectivity index (χ0n) is 8.72. The third kappa shape index (κ3) is 89.6. The molecular formula is C2H14Ca4Cl2O10S2. The Bertz CT molecular complexity index is 275. The average Bonchev–Trinajstić information content (AvgIpc) is 1.86. The monoisotopic (exact) mass is 492 g/mol. The van der Waals surface area contributed by atoms with Crippen molar-refractivity contribution in [2.75, 3.05) is 0 Å². The Kier molecular flexibility index (Phi) is 114. The summed E-state index contributed by atoms with van der Waals surface area (Å²) in [5.74, 6) is 0. The maximum atomic E-state index is 9.69. The van der Waals surface area contributed by atoms with E-state index in [9.17, 15) is 8.42 Å². The summed E-state index contributed by atoms with van der Waals surface area (Å²) in [5, 5.41) is 14.8. The number of rotatable bonds is 2. The van der Waals surface area contributed by atoms with Gasteiger partial charge in [0, 0.05) is 0 Å². The number of halogens is 2. The minimum Gasteiger partial charge on any atom is -1.00 e. The molecule has 0 aliphatic rings. The summed E-state index contributed by atoms with van der Waals surface area (Å²) < 4.78 is 35.0. The Morgan fingerprint density at radius 1 is 0.750 bits per heavy atom. The quantitative estimate of drug-likeness (QED) is 0.163. The van der Waals surface area contributed by atoms with Crippen molar-refractivity contribution in [3.8, 4) is 0 Å². The van der Waals surface area contributed by atoms with Gasteiger partial charge in [0.05, 0.1) is 0 Å². The van der Waals surface area contributed by atoms with Crippen molar-refractivity contribution in [1.29, 1.82) is 0 Å². The molecule has 0 aliphatic heterocycles. The van der Waals surface area contributed by atoms with Gasteiger partial charge in [-0.05, 0) is 0 Å². The van der Waals surface area contributed by atoms with E-state index in [1.54, 1.807) is 0 Å². The standard InChI is InChI=1S/2CH4.4Ca.2ClH.2H2O4S.2H2O/c;;;;;;;;2*1-4-5(2)3;;/h2*1H4;;;;;2*1H;2*1H,(H,2,3);2*1H2/q;;;;2*+2;;;;;;/p-4. The minimum absolute atomic E-state index is 0. The van der Waals surface area contributed by atoms with Gasteiger partial charge < -0.3 is 35.8 Å². The first-order valence-corrected chi connectivity index (χ1v) is 10.6. The molecule has 2 unspecified atom stereocenters. The van der Waals surface area contributed by atoms with Crippen LogP contribution in [0.4, 0.5) is 0 Å². The van der Waals surface area contributed by atoms with Crippen molar-refractivity contribution in [2.45, 2.75) is 14.9 Å². The molecule has 0 aromatic rings. The van der Waals surface area contributed by atoms with Gasteiger partial charge in [0.25, 0.3) is 0 Å². The van der Waals surface area contributed by atoms with E-state index in [4.69, 9.17) is 19.6 Å². The average molecular weight is 493 g/mol. The summed E-state index contributed by atoms with van der Waals surface area (Å²) in [6.45, 7) is 0. The van der Waals surface area contributed by atoms with Crippen LogP contribution < -0.4 is 24.8 Å². The van der Waals surface area contributed by atoms with Gasteiger partial charge in [0.2, 0.25) is 0 Å². The first-order chi connectivity index (χ1) is 5.12. The molecule has 2 atom stereocenters. The van der Waals surface area contributed by atoms with Crippen LogP contribution in [0.15, 0.2) is 0 Å². The third-order valence-corrected chi connectivity index (χ3v) is 1.69. The fourth-order valence-corrected chi connectivity index (χ4v) is 0. The summed E-state index contributed by atoms with van der Waals surface area (Å²) in [6, 6.07) is 0. The SMILES string of the molecule is C.C.O=[S](O)(=[Ca])OO.O=[S](O)(=[Ca])OO.[Ca+2].[Ca+2].[Cl-].[Cl-].[OH-].[OH-]. The van der Waals surface area contributed by atoms with E-state index in [2.05, 4.69) is 8.67 Å². The fourth-order valence-electron chi connectivity index (χ4n) is 0.